The van der Waals surface area contributed by atoms with Crippen LogP contribution in [0.2, 0.25) is 0 Å². The molecule has 0 radical (unpaired) electrons. The second-order valence-electron chi connectivity index (χ2n) is 22.5. The standard InChI is InChI=1S/C58H74F2N10O8/c1-31-7-13-37(25-43(31)59)41-27-45(41)63-55(75)49-17-15-39-19-21-67(29-47(57(77)69(39)49)65-53(73)33(3)61-5)51(71)23-35-9-11-36(12-10-35)24-52(72)68-22-20-40-16-18-50(70(40)58(78)48(30-68)66-54(74)34(4)62-6)56(76)64-46-28-42(46)38-14-8-32(2)44(60)26-38/h7-14,25-26,33-34,39-42,45-50,61-62H,15-24,27-30H2,1-6H3,(H,63,75)(H,64,76)(H,65,73)(H,66,74)/t33-,34-,39+,40+,41+,42+,45-,46-,47-,48-,49-,50-/m0/s1. The van der Waals surface area contributed by atoms with E-state index in [2.05, 4.69) is 31.9 Å². The zero-order chi connectivity index (χ0) is 55.7. The number of rotatable bonds is 16. The Balaban J connectivity index is 0.820. The number of aryl methyl sites for hydroxylation is 2. The van der Waals surface area contributed by atoms with E-state index in [9.17, 15) is 47.1 Å². The SMILES string of the molecule is CN[C@@H](C)C(=O)N[C@H]1CN(C(=O)Cc2ccc(CC(=O)N3CC[C@H]4CC[C@@H](C(=O)N[C@H]5C[C@@H]5c5ccc(C)c(F)c5)N4C(=O)[C@@H](NC(=O)[C@H](C)NC)C3)cc2)CC[C@H]2CC[C@@H](C(=O)N[C@H]3C[C@@H]3c3ccc(C)c(F)c3)N2C1=O. The third kappa shape index (κ3) is 12.4. The van der Waals surface area contributed by atoms with Gasteiger partial charge in [-0.05, 0) is 139 Å². The number of nitrogens with zero attached hydrogens (tertiary/aromatic N) is 4. The van der Waals surface area contributed by atoms with Crippen LogP contribution in [0.25, 0.3) is 0 Å². The van der Waals surface area contributed by atoms with Crippen molar-refractivity contribution in [3.8, 4) is 0 Å². The van der Waals surface area contributed by atoms with E-state index in [1.165, 1.54) is 12.1 Å². The first-order valence-electron chi connectivity index (χ1n) is 27.7. The van der Waals surface area contributed by atoms with Crippen molar-refractivity contribution in [3.05, 3.63) is 106 Å². The molecule has 2 aliphatic carbocycles. The predicted octanol–water partition coefficient (Wildman–Crippen LogP) is 2.38. The molecule has 6 aliphatic rings. The zero-order valence-corrected chi connectivity index (χ0v) is 45.4. The Labute approximate surface area is 454 Å². The highest BCUT2D eigenvalue weighted by molar-refractivity contribution is 5.96. The van der Waals surface area contributed by atoms with Crippen molar-refractivity contribution in [1.82, 2.24) is 51.5 Å². The van der Waals surface area contributed by atoms with Gasteiger partial charge in [-0.2, -0.15) is 0 Å². The van der Waals surface area contributed by atoms with Crippen molar-refractivity contribution in [2.45, 2.75) is 164 Å². The Morgan fingerprint density at radius 3 is 1.29 bits per heavy atom. The first-order valence-corrected chi connectivity index (χ1v) is 27.7. The second-order valence-corrected chi connectivity index (χ2v) is 22.5. The van der Waals surface area contributed by atoms with E-state index in [0.29, 0.717) is 73.6 Å². The summed E-state index contributed by atoms with van der Waals surface area (Å²) < 4.78 is 28.7. The summed E-state index contributed by atoms with van der Waals surface area (Å²) in [4.78, 5) is 118. The number of halogens is 2. The van der Waals surface area contributed by atoms with E-state index in [0.717, 1.165) is 11.1 Å². The minimum atomic E-state index is -1.12. The molecular formula is C58H74F2N10O8. The molecule has 18 nitrogen and oxygen atoms in total. The van der Waals surface area contributed by atoms with Gasteiger partial charge in [0.1, 0.15) is 35.8 Å². The fraction of sp³-hybridized carbons (Fsp3) is 0.552. The minimum absolute atomic E-state index is 0.0195. The van der Waals surface area contributed by atoms with Crippen LogP contribution in [0.4, 0.5) is 8.78 Å². The van der Waals surface area contributed by atoms with Crippen LogP contribution >= 0.6 is 0 Å². The summed E-state index contributed by atoms with van der Waals surface area (Å²) in [6.45, 7) is 7.07. The summed E-state index contributed by atoms with van der Waals surface area (Å²) in [5, 5.41) is 17.7. The fourth-order valence-corrected chi connectivity index (χ4v) is 11.8. The van der Waals surface area contributed by atoms with Gasteiger partial charge in [-0.25, -0.2) is 8.78 Å². The second kappa shape index (κ2) is 23.7. The Kier molecular flexibility index (Phi) is 17.0. The lowest BCUT2D eigenvalue weighted by Crippen LogP contribution is -2.62. The number of amides is 8. The lowest BCUT2D eigenvalue weighted by atomic mass is 10.0. The summed E-state index contributed by atoms with van der Waals surface area (Å²) in [7, 11) is 3.25. The molecule has 418 valence electrons. The number of nitrogens with one attached hydrogen (secondary N) is 6. The summed E-state index contributed by atoms with van der Waals surface area (Å²) in [6.07, 6.45) is 4.05. The average molecular weight is 1080 g/mol. The van der Waals surface area contributed by atoms with Crippen molar-refractivity contribution < 1.29 is 47.1 Å². The van der Waals surface area contributed by atoms with E-state index in [1.54, 1.807) is 97.8 Å². The lowest BCUT2D eigenvalue weighted by molar-refractivity contribution is -0.147. The van der Waals surface area contributed by atoms with Gasteiger partial charge in [0.25, 0.3) is 0 Å². The van der Waals surface area contributed by atoms with E-state index in [-0.39, 0.29) is 110 Å². The molecule has 0 aromatic heterocycles. The first-order chi connectivity index (χ1) is 37.3. The molecule has 20 heteroatoms. The van der Waals surface area contributed by atoms with Crippen molar-refractivity contribution in [2.24, 2.45) is 0 Å². The molecule has 6 fully saturated rings. The van der Waals surface area contributed by atoms with Crippen LogP contribution in [0, 0.1) is 25.5 Å². The summed E-state index contributed by atoms with van der Waals surface area (Å²) in [5.41, 5.74) is 4.05. The van der Waals surface area contributed by atoms with Gasteiger partial charge in [-0.1, -0.05) is 48.5 Å². The molecule has 8 amide bonds. The number of hydrogen-bond acceptors (Lipinski definition) is 10. The first kappa shape index (κ1) is 55.9. The van der Waals surface area contributed by atoms with Crippen molar-refractivity contribution >= 4 is 47.3 Å². The van der Waals surface area contributed by atoms with Gasteiger partial charge in [-0.15, -0.1) is 0 Å². The minimum Gasteiger partial charge on any atom is -0.351 e. The molecule has 4 heterocycles. The van der Waals surface area contributed by atoms with Crippen molar-refractivity contribution in [2.75, 3.05) is 40.3 Å². The molecule has 0 unspecified atom stereocenters. The monoisotopic (exact) mass is 1080 g/mol. The smallest absolute Gasteiger partial charge is 0.247 e. The van der Waals surface area contributed by atoms with Crippen molar-refractivity contribution in [3.63, 3.8) is 0 Å². The molecule has 4 aliphatic heterocycles. The number of carbonyl (C=O) groups is 8. The molecule has 6 N–H and O–H groups in total. The van der Waals surface area contributed by atoms with Gasteiger partial charge in [0.15, 0.2) is 0 Å². The summed E-state index contributed by atoms with van der Waals surface area (Å²) >= 11 is 0. The average Bonchev–Trinajstić information content (AvgIpc) is 4.30. The Morgan fingerprint density at radius 2 is 0.936 bits per heavy atom. The quantitative estimate of drug-likeness (QED) is 0.123. The molecule has 0 spiro atoms. The van der Waals surface area contributed by atoms with Crippen LogP contribution in [0.3, 0.4) is 0 Å². The van der Waals surface area contributed by atoms with Crippen LogP contribution in [-0.4, -0.2) is 168 Å². The Bertz CT molecular complexity index is 2630. The third-order valence-corrected chi connectivity index (χ3v) is 17.2. The topological polar surface area (TPSA) is 222 Å². The molecule has 3 aromatic rings. The van der Waals surface area contributed by atoms with E-state index in [4.69, 9.17) is 0 Å². The van der Waals surface area contributed by atoms with Gasteiger partial charge in [0, 0.05) is 62.2 Å². The zero-order valence-electron chi connectivity index (χ0n) is 45.4. The van der Waals surface area contributed by atoms with Crippen LogP contribution in [0.15, 0.2) is 60.7 Å². The van der Waals surface area contributed by atoms with Gasteiger partial charge < -0.3 is 51.5 Å². The van der Waals surface area contributed by atoms with E-state index < -0.39 is 59.9 Å². The van der Waals surface area contributed by atoms with Crippen LogP contribution in [0.5, 0.6) is 0 Å². The van der Waals surface area contributed by atoms with Crippen LogP contribution in [-0.2, 0) is 51.2 Å². The van der Waals surface area contributed by atoms with Crippen LogP contribution < -0.4 is 31.9 Å². The maximum atomic E-state index is 14.5. The Morgan fingerprint density at radius 1 is 0.551 bits per heavy atom. The number of carbonyl (C=O) groups excluding carboxylic acids is 8. The molecule has 3 aromatic carbocycles. The molecular weight excluding hydrogens is 1000 g/mol. The van der Waals surface area contributed by atoms with Gasteiger partial charge in [0.05, 0.1) is 24.9 Å². The fourth-order valence-electron chi connectivity index (χ4n) is 11.8. The maximum absolute atomic E-state index is 14.5. The highest BCUT2D eigenvalue weighted by Gasteiger charge is 2.50. The number of benzene rings is 3. The molecule has 0 bridgehead atoms. The molecule has 2 saturated carbocycles. The van der Waals surface area contributed by atoms with Crippen molar-refractivity contribution in [1.29, 1.82) is 0 Å². The van der Waals surface area contributed by atoms with E-state index in [1.807, 2.05) is 12.1 Å². The molecule has 78 heavy (non-hydrogen) atoms. The third-order valence-electron chi connectivity index (χ3n) is 17.2. The van der Waals surface area contributed by atoms with Crippen LogP contribution in [0.1, 0.15) is 110 Å². The van der Waals surface area contributed by atoms with Gasteiger partial charge >= 0.3 is 0 Å². The number of fused-ring (bicyclic) bond motifs is 2. The maximum Gasteiger partial charge on any atom is 0.247 e. The highest BCUT2D eigenvalue weighted by Crippen LogP contribution is 2.43. The predicted molar refractivity (Wildman–Crippen MR) is 285 cm³/mol. The largest absolute Gasteiger partial charge is 0.351 e. The normalized spacial score (nSPS) is 27.5. The van der Waals surface area contributed by atoms with E-state index >= 15 is 0 Å². The summed E-state index contributed by atoms with van der Waals surface area (Å²) in [5.74, 6) is -3.48. The lowest BCUT2D eigenvalue weighted by Gasteiger charge is -2.39. The number of likely N-dealkylation sites (N-methyl/N-ethyl adjacent to an activating group) is 2. The van der Waals surface area contributed by atoms with Gasteiger partial charge in [0.2, 0.25) is 47.3 Å². The molecule has 4 saturated heterocycles. The van der Waals surface area contributed by atoms with Gasteiger partial charge in [-0.3, -0.25) is 38.4 Å². The summed E-state index contributed by atoms with van der Waals surface area (Å²) in [6, 6.07) is 11.2. The molecule has 9 rings (SSSR count). The highest BCUT2D eigenvalue weighted by atomic mass is 19.1. The molecule has 12 atom stereocenters. The Hall–Kier alpha value is -6.80. The number of hydrogen-bond donors (Lipinski definition) is 6.